The third kappa shape index (κ3) is 3.59. The standard InChI is InChI=1S/C27H23N3O5S/c1-5-14-35-26(33)20-15(2)28-27-30(22(20)16-10-12-17(34-4)13-11-16)25(32)23(36-27)21-18-8-6-7-9-19(18)29(3)24(21)31/h5-13,22H,1,14H2,2-4H3/b23-21-/t22-/m1/s1. The number of methoxy groups -OCH3 is 1. The maximum atomic E-state index is 14.0. The molecule has 0 N–H and O–H groups in total. The molecule has 0 spiro atoms. The molecule has 0 bridgehead atoms. The molecule has 182 valence electrons. The van der Waals surface area contributed by atoms with Gasteiger partial charge in [-0.15, -0.1) is 0 Å². The molecule has 3 aromatic rings. The first kappa shape index (κ1) is 23.5. The molecule has 0 radical (unpaired) electrons. The molecule has 0 unspecified atom stereocenters. The molecule has 5 rings (SSSR count). The first-order valence-corrected chi connectivity index (χ1v) is 12.0. The van der Waals surface area contributed by atoms with Crippen molar-refractivity contribution in [1.29, 1.82) is 0 Å². The molecule has 2 aromatic carbocycles. The minimum atomic E-state index is -0.789. The van der Waals surface area contributed by atoms with Crippen LogP contribution in [-0.2, 0) is 14.3 Å². The number of hydrogen-bond acceptors (Lipinski definition) is 7. The number of carbonyl (C=O) groups excluding carboxylic acids is 2. The van der Waals surface area contributed by atoms with Crippen LogP contribution in [0.3, 0.4) is 0 Å². The molecule has 0 saturated carbocycles. The third-order valence-corrected chi connectivity index (χ3v) is 7.31. The minimum Gasteiger partial charge on any atom is -0.497 e. The van der Waals surface area contributed by atoms with Crippen LogP contribution in [0.1, 0.15) is 24.1 Å². The van der Waals surface area contributed by atoms with Crippen LogP contribution in [0.25, 0.3) is 5.57 Å². The molecule has 36 heavy (non-hydrogen) atoms. The average Bonchev–Trinajstić information content (AvgIpc) is 3.34. The molecule has 9 heteroatoms. The summed E-state index contributed by atoms with van der Waals surface area (Å²) in [4.78, 5) is 46.8. The number of hydrogen-bond donors (Lipinski definition) is 0. The number of anilines is 1. The summed E-state index contributed by atoms with van der Waals surface area (Å²) in [5.74, 6) is -0.207. The second-order valence-electron chi connectivity index (χ2n) is 8.32. The van der Waals surface area contributed by atoms with E-state index in [0.29, 0.717) is 32.9 Å². The number of carbonyl (C=O) groups is 2. The summed E-state index contributed by atoms with van der Waals surface area (Å²) in [6, 6.07) is 13.7. The van der Waals surface area contributed by atoms with E-state index in [1.807, 2.05) is 24.3 Å². The van der Waals surface area contributed by atoms with E-state index in [1.54, 1.807) is 45.3 Å². The second kappa shape index (κ2) is 9.09. The molecule has 1 aromatic heterocycles. The maximum absolute atomic E-state index is 14.0. The van der Waals surface area contributed by atoms with Crippen molar-refractivity contribution in [2.75, 3.05) is 25.7 Å². The van der Waals surface area contributed by atoms with Crippen LogP contribution >= 0.6 is 11.3 Å². The smallest absolute Gasteiger partial charge is 0.338 e. The van der Waals surface area contributed by atoms with Crippen molar-refractivity contribution in [3.05, 3.63) is 103 Å². The van der Waals surface area contributed by atoms with Gasteiger partial charge in [0.15, 0.2) is 4.80 Å². The van der Waals surface area contributed by atoms with Gasteiger partial charge in [0.1, 0.15) is 16.9 Å². The fourth-order valence-electron chi connectivity index (χ4n) is 4.54. The van der Waals surface area contributed by atoms with Gasteiger partial charge in [-0.3, -0.25) is 14.2 Å². The van der Waals surface area contributed by atoms with Gasteiger partial charge in [0.2, 0.25) is 0 Å². The Labute approximate surface area is 210 Å². The Balaban J connectivity index is 1.79. The Hall–Kier alpha value is -4.24. The molecule has 0 saturated heterocycles. The largest absolute Gasteiger partial charge is 0.497 e. The normalized spacial score (nSPS) is 17.9. The van der Waals surface area contributed by atoms with Crippen LogP contribution < -0.4 is 24.5 Å². The van der Waals surface area contributed by atoms with E-state index >= 15 is 0 Å². The van der Waals surface area contributed by atoms with Crippen LogP contribution in [0.2, 0.25) is 0 Å². The summed E-state index contributed by atoms with van der Waals surface area (Å²) in [6.07, 6.45) is 1.48. The summed E-state index contributed by atoms with van der Waals surface area (Å²) in [5, 5.41) is 0. The number of rotatable bonds is 5. The van der Waals surface area contributed by atoms with E-state index in [0.717, 1.165) is 17.0 Å². The van der Waals surface area contributed by atoms with Crippen molar-refractivity contribution < 1.29 is 19.1 Å². The summed E-state index contributed by atoms with van der Waals surface area (Å²) in [7, 11) is 3.25. The molecule has 8 nitrogen and oxygen atoms in total. The topological polar surface area (TPSA) is 90.2 Å². The number of benzene rings is 2. The Morgan fingerprint density at radius 1 is 1.17 bits per heavy atom. The second-order valence-corrected chi connectivity index (χ2v) is 9.30. The monoisotopic (exact) mass is 501 g/mol. The van der Waals surface area contributed by atoms with Gasteiger partial charge in [0.05, 0.1) is 35.7 Å². The number of likely N-dealkylation sites (N-methyl/N-ethyl adjacent to an activating group) is 1. The molecular formula is C27H23N3O5S. The van der Waals surface area contributed by atoms with Crippen molar-refractivity contribution in [2.45, 2.75) is 13.0 Å². The lowest BCUT2D eigenvalue weighted by atomic mass is 9.96. The molecule has 2 aliphatic heterocycles. The first-order chi connectivity index (χ1) is 17.4. The molecule has 1 atom stereocenters. The van der Waals surface area contributed by atoms with Gasteiger partial charge in [-0.2, -0.15) is 0 Å². The zero-order valence-electron chi connectivity index (χ0n) is 20.0. The van der Waals surface area contributed by atoms with Crippen molar-refractivity contribution in [3.8, 4) is 5.75 Å². The number of fused-ring (bicyclic) bond motifs is 2. The number of amides is 1. The maximum Gasteiger partial charge on any atom is 0.338 e. The third-order valence-electron chi connectivity index (χ3n) is 6.26. The molecular weight excluding hydrogens is 478 g/mol. The Kier molecular flexibility index (Phi) is 5.93. The van der Waals surface area contributed by atoms with E-state index in [1.165, 1.54) is 15.5 Å². The fraction of sp³-hybridized carbons (Fsp3) is 0.185. The summed E-state index contributed by atoms with van der Waals surface area (Å²) in [6.45, 7) is 5.34. The average molecular weight is 502 g/mol. The van der Waals surface area contributed by atoms with Crippen molar-refractivity contribution in [1.82, 2.24) is 4.57 Å². The van der Waals surface area contributed by atoms with E-state index < -0.39 is 17.6 Å². The highest BCUT2D eigenvalue weighted by Crippen LogP contribution is 2.35. The van der Waals surface area contributed by atoms with Crippen molar-refractivity contribution in [2.24, 2.45) is 4.99 Å². The number of nitrogens with zero attached hydrogens (tertiary/aromatic N) is 3. The Morgan fingerprint density at radius 2 is 1.89 bits per heavy atom. The Morgan fingerprint density at radius 3 is 2.58 bits per heavy atom. The van der Waals surface area contributed by atoms with E-state index in [4.69, 9.17) is 9.47 Å². The van der Waals surface area contributed by atoms with Crippen LogP contribution in [0.15, 0.2) is 82.2 Å². The van der Waals surface area contributed by atoms with Gasteiger partial charge in [-0.05, 0) is 30.7 Å². The van der Waals surface area contributed by atoms with Crippen molar-refractivity contribution >= 4 is 34.5 Å². The van der Waals surface area contributed by atoms with E-state index in [9.17, 15) is 14.4 Å². The van der Waals surface area contributed by atoms with Crippen LogP contribution in [0.5, 0.6) is 5.75 Å². The molecule has 0 fully saturated rings. The quantitative estimate of drug-likeness (QED) is 0.395. The number of aromatic nitrogens is 1. The SMILES string of the molecule is C=CCOC(=O)C1=C(C)N=c2s/c(=C3\C(=O)N(C)c4ccccc43)c(=O)n2[C@@H]1c1ccc(OC)cc1. The number of ether oxygens (including phenoxy) is 2. The number of thiazole rings is 1. The van der Waals surface area contributed by atoms with Crippen molar-refractivity contribution in [3.63, 3.8) is 0 Å². The van der Waals surface area contributed by atoms with Gasteiger partial charge in [0.25, 0.3) is 11.5 Å². The highest BCUT2D eigenvalue weighted by Gasteiger charge is 2.36. The highest BCUT2D eigenvalue weighted by molar-refractivity contribution is 7.07. The van der Waals surface area contributed by atoms with Gasteiger partial charge in [0, 0.05) is 12.6 Å². The van der Waals surface area contributed by atoms with Gasteiger partial charge < -0.3 is 14.4 Å². The molecule has 1 amide bonds. The van der Waals surface area contributed by atoms with Crippen LogP contribution in [-0.4, -0.2) is 37.2 Å². The summed E-state index contributed by atoms with van der Waals surface area (Å²) in [5.41, 5.74) is 2.75. The van der Waals surface area contributed by atoms with E-state index in [-0.39, 0.29) is 22.6 Å². The predicted octanol–water partition coefficient (Wildman–Crippen LogP) is 2.32. The lowest BCUT2D eigenvalue weighted by molar-refractivity contribution is -0.138. The summed E-state index contributed by atoms with van der Waals surface area (Å²) >= 11 is 1.14. The van der Waals surface area contributed by atoms with Crippen LogP contribution in [0, 0.1) is 0 Å². The van der Waals surface area contributed by atoms with Gasteiger partial charge in [-0.1, -0.05) is 54.3 Å². The van der Waals surface area contributed by atoms with Crippen LogP contribution in [0.4, 0.5) is 5.69 Å². The zero-order valence-corrected chi connectivity index (χ0v) is 20.8. The number of allylic oxidation sites excluding steroid dienone is 1. The zero-order chi connectivity index (χ0) is 25.6. The highest BCUT2D eigenvalue weighted by atomic mass is 32.1. The number of para-hydroxylation sites is 1. The summed E-state index contributed by atoms with van der Waals surface area (Å²) < 4.78 is 12.4. The first-order valence-electron chi connectivity index (χ1n) is 11.2. The lowest BCUT2D eigenvalue weighted by Gasteiger charge is -2.24. The predicted molar refractivity (Wildman–Crippen MR) is 137 cm³/mol. The Bertz CT molecular complexity index is 1630. The van der Waals surface area contributed by atoms with Gasteiger partial charge >= 0.3 is 5.97 Å². The molecule has 2 aliphatic rings. The fourth-order valence-corrected chi connectivity index (χ4v) is 5.67. The minimum absolute atomic E-state index is 0.0249. The van der Waals surface area contributed by atoms with E-state index in [2.05, 4.69) is 11.6 Å². The molecule has 0 aliphatic carbocycles. The lowest BCUT2D eigenvalue weighted by Crippen LogP contribution is -2.40. The number of esters is 1. The molecule has 3 heterocycles. The van der Waals surface area contributed by atoms with Gasteiger partial charge in [-0.25, -0.2) is 9.79 Å².